The van der Waals surface area contributed by atoms with Crippen LogP contribution in [0.5, 0.6) is 0 Å². The molecule has 1 aliphatic heterocycles. The van der Waals surface area contributed by atoms with Gasteiger partial charge in [0.15, 0.2) is 0 Å². The molecule has 2 aromatic carbocycles. The summed E-state index contributed by atoms with van der Waals surface area (Å²) in [6.07, 6.45) is 0. The molecule has 0 amide bonds. The second kappa shape index (κ2) is 7.58. The third-order valence-electron chi connectivity index (χ3n) is 4.86. The summed E-state index contributed by atoms with van der Waals surface area (Å²) in [7, 11) is 2.12. The largest absolute Gasteiger partial charge is 0.358 e. The van der Waals surface area contributed by atoms with E-state index in [1.807, 2.05) is 41.1 Å². The Balaban J connectivity index is 1.73. The first-order valence-electron chi connectivity index (χ1n) is 9.01. The molecule has 3 aromatic rings. The predicted molar refractivity (Wildman–Crippen MR) is 110 cm³/mol. The van der Waals surface area contributed by atoms with Crippen molar-refractivity contribution in [3.8, 4) is 16.9 Å². The fourth-order valence-corrected chi connectivity index (χ4v) is 3.53. The molecule has 27 heavy (non-hydrogen) atoms. The van der Waals surface area contributed by atoms with Crippen LogP contribution in [0.2, 0.25) is 0 Å². The Morgan fingerprint density at radius 2 is 1.63 bits per heavy atom. The Hall–Kier alpha value is -2.57. The first-order valence-corrected chi connectivity index (χ1v) is 9.42. The third kappa shape index (κ3) is 3.77. The Morgan fingerprint density at radius 3 is 2.30 bits per heavy atom. The topological polar surface area (TPSA) is 24.3 Å². The summed E-state index contributed by atoms with van der Waals surface area (Å²) in [4.78, 5) is 5.27. The highest BCUT2D eigenvalue weighted by Crippen LogP contribution is 2.25. The monoisotopic (exact) mass is 380 g/mol. The van der Waals surface area contributed by atoms with Crippen molar-refractivity contribution in [1.82, 2.24) is 19.6 Å². The molecule has 4 rings (SSSR count). The molecule has 4 nitrogen and oxygen atoms in total. The first kappa shape index (κ1) is 17.8. The van der Waals surface area contributed by atoms with Crippen LogP contribution in [0.3, 0.4) is 0 Å². The lowest BCUT2D eigenvalue weighted by Crippen LogP contribution is -2.46. The van der Waals surface area contributed by atoms with Crippen molar-refractivity contribution in [2.45, 2.75) is 0 Å². The van der Waals surface area contributed by atoms with E-state index in [9.17, 15) is 4.39 Å². The van der Waals surface area contributed by atoms with Crippen LogP contribution >= 0.6 is 12.2 Å². The van der Waals surface area contributed by atoms with Crippen molar-refractivity contribution in [1.29, 1.82) is 0 Å². The molecule has 0 saturated carbocycles. The number of hydrogen-bond acceptors (Lipinski definition) is 3. The number of halogens is 1. The summed E-state index contributed by atoms with van der Waals surface area (Å²) >= 11 is 5.74. The molecule has 1 saturated heterocycles. The minimum Gasteiger partial charge on any atom is -0.358 e. The molecular weight excluding hydrogens is 359 g/mol. The molecule has 0 atom stereocenters. The molecule has 0 unspecified atom stereocenters. The molecule has 2 heterocycles. The Labute approximate surface area is 163 Å². The maximum absolute atomic E-state index is 13.4. The molecular formula is C21H21FN4S. The SMILES string of the molecule is CN1CCN(C(=S)c2cc(-c3ccc(F)cc3)n(-c3ccccc3)n2)CC1. The van der Waals surface area contributed by atoms with Gasteiger partial charge in [0, 0.05) is 31.7 Å². The molecule has 0 spiro atoms. The van der Waals surface area contributed by atoms with Crippen molar-refractivity contribution in [3.05, 3.63) is 72.2 Å². The van der Waals surface area contributed by atoms with E-state index in [4.69, 9.17) is 17.3 Å². The van der Waals surface area contributed by atoms with Crippen molar-refractivity contribution in [3.63, 3.8) is 0 Å². The maximum Gasteiger partial charge on any atom is 0.129 e. The van der Waals surface area contributed by atoms with Crippen molar-refractivity contribution < 1.29 is 4.39 Å². The second-order valence-corrected chi connectivity index (χ2v) is 7.15. The molecule has 0 aliphatic carbocycles. The van der Waals surface area contributed by atoms with Crippen molar-refractivity contribution in [2.75, 3.05) is 33.2 Å². The highest BCUT2D eigenvalue weighted by atomic mass is 32.1. The van der Waals surface area contributed by atoms with Crippen LogP contribution < -0.4 is 0 Å². The number of hydrogen-bond donors (Lipinski definition) is 0. The normalized spacial score (nSPS) is 15.1. The minimum absolute atomic E-state index is 0.252. The summed E-state index contributed by atoms with van der Waals surface area (Å²) in [6, 6.07) is 18.4. The minimum atomic E-state index is -0.252. The highest BCUT2D eigenvalue weighted by Gasteiger charge is 2.21. The highest BCUT2D eigenvalue weighted by molar-refractivity contribution is 7.80. The number of benzene rings is 2. The molecule has 1 aromatic heterocycles. The lowest BCUT2D eigenvalue weighted by molar-refractivity contribution is 0.217. The van der Waals surface area contributed by atoms with E-state index < -0.39 is 0 Å². The number of aromatic nitrogens is 2. The number of nitrogens with zero attached hydrogens (tertiary/aromatic N) is 4. The van der Waals surface area contributed by atoms with Crippen LogP contribution in [0.4, 0.5) is 4.39 Å². The van der Waals surface area contributed by atoms with Gasteiger partial charge < -0.3 is 9.80 Å². The molecule has 138 valence electrons. The predicted octanol–water partition coefficient (Wildman–Crippen LogP) is 3.60. The van der Waals surface area contributed by atoms with E-state index in [1.165, 1.54) is 12.1 Å². The summed E-state index contributed by atoms with van der Waals surface area (Å²) < 4.78 is 15.3. The van der Waals surface area contributed by atoms with Gasteiger partial charge in [-0.2, -0.15) is 5.10 Å². The van der Waals surface area contributed by atoms with Gasteiger partial charge in [-0.1, -0.05) is 30.4 Å². The van der Waals surface area contributed by atoms with Gasteiger partial charge in [0.2, 0.25) is 0 Å². The van der Waals surface area contributed by atoms with Crippen LogP contribution in [0, 0.1) is 5.82 Å². The molecule has 1 fully saturated rings. The van der Waals surface area contributed by atoms with Crippen LogP contribution in [-0.2, 0) is 0 Å². The van der Waals surface area contributed by atoms with E-state index in [0.29, 0.717) is 0 Å². The average Bonchev–Trinajstić information content (AvgIpc) is 3.15. The van der Waals surface area contributed by atoms with Gasteiger partial charge >= 0.3 is 0 Å². The number of thiocarbonyl (C=S) groups is 1. The quantitative estimate of drug-likeness (QED) is 0.648. The van der Waals surface area contributed by atoms with Gasteiger partial charge in [0.1, 0.15) is 16.5 Å². The van der Waals surface area contributed by atoms with Crippen LogP contribution in [0.25, 0.3) is 16.9 Å². The number of para-hydroxylation sites is 1. The van der Waals surface area contributed by atoms with Crippen molar-refractivity contribution >= 4 is 17.2 Å². The zero-order chi connectivity index (χ0) is 18.8. The molecule has 0 radical (unpaired) electrons. The van der Waals surface area contributed by atoms with Gasteiger partial charge in [-0.25, -0.2) is 9.07 Å². The summed E-state index contributed by atoms with van der Waals surface area (Å²) in [5.41, 5.74) is 3.52. The number of rotatable bonds is 3. The van der Waals surface area contributed by atoms with E-state index in [0.717, 1.165) is 53.8 Å². The lowest BCUT2D eigenvalue weighted by atomic mass is 10.1. The fourth-order valence-electron chi connectivity index (χ4n) is 3.25. The third-order valence-corrected chi connectivity index (χ3v) is 5.33. The van der Waals surface area contributed by atoms with E-state index in [-0.39, 0.29) is 5.82 Å². The zero-order valence-corrected chi connectivity index (χ0v) is 16.0. The zero-order valence-electron chi connectivity index (χ0n) is 15.2. The molecule has 0 bridgehead atoms. The Morgan fingerprint density at radius 1 is 0.963 bits per heavy atom. The molecule has 0 N–H and O–H groups in total. The van der Waals surface area contributed by atoms with Gasteiger partial charge in [-0.15, -0.1) is 0 Å². The van der Waals surface area contributed by atoms with Gasteiger partial charge in [-0.05, 0) is 49.5 Å². The van der Waals surface area contributed by atoms with Gasteiger partial charge in [0.05, 0.1) is 11.4 Å². The first-order chi connectivity index (χ1) is 13.1. The lowest BCUT2D eigenvalue weighted by Gasteiger charge is -2.33. The maximum atomic E-state index is 13.4. The Bertz CT molecular complexity index is 929. The number of piperazine rings is 1. The molecule has 6 heteroatoms. The standard InChI is InChI=1S/C21H21FN4S/c1-24-11-13-25(14-12-24)21(27)19-15-20(16-7-9-17(22)10-8-16)26(23-19)18-5-3-2-4-6-18/h2-10,15H,11-14H2,1H3. The van der Waals surface area contributed by atoms with Crippen LogP contribution in [-0.4, -0.2) is 57.8 Å². The summed E-state index contributed by atoms with van der Waals surface area (Å²) in [6.45, 7) is 3.79. The van der Waals surface area contributed by atoms with E-state index in [1.54, 1.807) is 12.1 Å². The number of likely N-dealkylation sites (N-methyl/N-ethyl adjacent to an activating group) is 1. The van der Waals surface area contributed by atoms with Gasteiger partial charge in [-0.3, -0.25) is 0 Å². The Kier molecular flexibility index (Phi) is 5.01. The van der Waals surface area contributed by atoms with E-state index >= 15 is 0 Å². The van der Waals surface area contributed by atoms with Crippen molar-refractivity contribution in [2.24, 2.45) is 0 Å². The second-order valence-electron chi connectivity index (χ2n) is 6.76. The molecule has 1 aliphatic rings. The van der Waals surface area contributed by atoms with Gasteiger partial charge in [0.25, 0.3) is 0 Å². The van der Waals surface area contributed by atoms with Crippen LogP contribution in [0.1, 0.15) is 5.69 Å². The fraction of sp³-hybridized carbons (Fsp3) is 0.238. The summed E-state index contributed by atoms with van der Waals surface area (Å²) in [5.74, 6) is -0.252. The summed E-state index contributed by atoms with van der Waals surface area (Å²) in [5, 5.41) is 4.80. The van der Waals surface area contributed by atoms with E-state index in [2.05, 4.69) is 16.8 Å². The smallest absolute Gasteiger partial charge is 0.129 e. The van der Waals surface area contributed by atoms with Crippen LogP contribution in [0.15, 0.2) is 60.7 Å². The average molecular weight is 380 g/mol.